The maximum absolute atomic E-state index is 14.6. The lowest BCUT2D eigenvalue weighted by Gasteiger charge is -2.35. The quantitative estimate of drug-likeness (QED) is 0.517. The van der Waals surface area contributed by atoms with Gasteiger partial charge in [0.15, 0.2) is 0 Å². The molecule has 2 aromatic carbocycles. The number of hydrogen-bond donors (Lipinski definition) is 1. The van der Waals surface area contributed by atoms with Crippen LogP contribution in [0.3, 0.4) is 0 Å². The summed E-state index contributed by atoms with van der Waals surface area (Å²) in [6.45, 7) is 3.44. The zero-order valence-electron chi connectivity index (χ0n) is 16.1. The van der Waals surface area contributed by atoms with Crippen molar-refractivity contribution in [1.29, 1.82) is 0 Å². The van der Waals surface area contributed by atoms with Gasteiger partial charge in [0.05, 0.1) is 6.54 Å². The van der Waals surface area contributed by atoms with Gasteiger partial charge in [0.1, 0.15) is 29.9 Å². The third-order valence-electron chi connectivity index (χ3n) is 4.70. The van der Waals surface area contributed by atoms with Crippen molar-refractivity contribution in [2.75, 3.05) is 13.1 Å². The Morgan fingerprint density at radius 1 is 1.21 bits per heavy atom. The van der Waals surface area contributed by atoms with Crippen LogP contribution in [-0.2, 0) is 18.7 Å². The number of rotatable bonds is 9. The van der Waals surface area contributed by atoms with Gasteiger partial charge in [-0.2, -0.15) is 5.10 Å². The van der Waals surface area contributed by atoms with Crippen LogP contribution in [0.25, 0.3) is 0 Å². The van der Waals surface area contributed by atoms with Gasteiger partial charge in [-0.1, -0.05) is 47.1 Å². The molecular formula is C21H23BrF2N4O. The van der Waals surface area contributed by atoms with Crippen LogP contribution in [0.2, 0.25) is 0 Å². The van der Waals surface area contributed by atoms with E-state index in [2.05, 4.69) is 30.9 Å². The van der Waals surface area contributed by atoms with E-state index in [0.29, 0.717) is 13.1 Å². The van der Waals surface area contributed by atoms with E-state index >= 15 is 0 Å². The minimum Gasteiger partial charge on any atom is -0.382 e. The minimum atomic E-state index is -1.62. The monoisotopic (exact) mass is 464 g/mol. The van der Waals surface area contributed by atoms with Gasteiger partial charge in [-0.05, 0) is 30.7 Å². The highest BCUT2D eigenvalue weighted by atomic mass is 79.9. The molecule has 1 atom stereocenters. The first kappa shape index (κ1) is 21.5. The van der Waals surface area contributed by atoms with Gasteiger partial charge in [-0.3, -0.25) is 4.90 Å². The van der Waals surface area contributed by atoms with Gasteiger partial charge in [-0.25, -0.2) is 18.4 Å². The third kappa shape index (κ3) is 5.46. The zero-order chi connectivity index (χ0) is 20.9. The van der Waals surface area contributed by atoms with Crippen molar-refractivity contribution in [3.8, 4) is 0 Å². The predicted octanol–water partition coefficient (Wildman–Crippen LogP) is 4.12. The van der Waals surface area contributed by atoms with Crippen molar-refractivity contribution < 1.29 is 13.9 Å². The van der Waals surface area contributed by atoms with Gasteiger partial charge in [0.25, 0.3) is 0 Å². The molecular weight excluding hydrogens is 442 g/mol. The van der Waals surface area contributed by atoms with Crippen LogP contribution < -0.4 is 0 Å². The van der Waals surface area contributed by atoms with E-state index in [0.717, 1.165) is 28.6 Å². The molecule has 5 nitrogen and oxygen atoms in total. The van der Waals surface area contributed by atoms with Crippen molar-refractivity contribution in [1.82, 2.24) is 19.7 Å². The molecule has 0 saturated carbocycles. The SMILES string of the molecule is CCCN(Cc1ccccc1Br)CC(O)(Cn1cncn1)c1ccc(F)cc1F. The maximum atomic E-state index is 14.6. The Morgan fingerprint density at radius 3 is 2.66 bits per heavy atom. The number of aromatic nitrogens is 3. The Kier molecular flexibility index (Phi) is 7.10. The van der Waals surface area contributed by atoms with Crippen molar-refractivity contribution in [2.45, 2.75) is 32.0 Å². The van der Waals surface area contributed by atoms with Crippen molar-refractivity contribution in [3.05, 3.63) is 82.4 Å². The average Bonchev–Trinajstić information content (AvgIpc) is 3.16. The van der Waals surface area contributed by atoms with E-state index in [1.54, 1.807) is 0 Å². The van der Waals surface area contributed by atoms with Crippen LogP contribution in [0.5, 0.6) is 0 Å². The van der Waals surface area contributed by atoms with Crippen LogP contribution in [-0.4, -0.2) is 37.9 Å². The number of halogens is 3. The molecule has 0 amide bonds. The zero-order valence-corrected chi connectivity index (χ0v) is 17.7. The first-order chi connectivity index (χ1) is 13.9. The molecule has 0 aliphatic rings. The van der Waals surface area contributed by atoms with E-state index in [1.807, 2.05) is 31.2 Å². The van der Waals surface area contributed by atoms with Gasteiger partial charge in [-0.15, -0.1) is 0 Å². The molecule has 1 unspecified atom stereocenters. The van der Waals surface area contributed by atoms with E-state index in [-0.39, 0.29) is 18.7 Å². The van der Waals surface area contributed by atoms with Gasteiger partial charge < -0.3 is 5.11 Å². The van der Waals surface area contributed by atoms with Crippen LogP contribution >= 0.6 is 15.9 Å². The van der Waals surface area contributed by atoms with E-state index in [9.17, 15) is 13.9 Å². The fourth-order valence-corrected chi connectivity index (χ4v) is 3.85. The van der Waals surface area contributed by atoms with Crippen molar-refractivity contribution in [2.24, 2.45) is 0 Å². The van der Waals surface area contributed by atoms with Crippen LogP contribution in [0, 0.1) is 11.6 Å². The molecule has 1 heterocycles. The number of benzene rings is 2. The molecule has 8 heteroatoms. The number of hydrogen-bond acceptors (Lipinski definition) is 4. The highest BCUT2D eigenvalue weighted by Gasteiger charge is 2.35. The molecule has 0 radical (unpaired) electrons. The Labute approximate surface area is 177 Å². The van der Waals surface area contributed by atoms with E-state index in [1.165, 1.54) is 23.4 Å². The maximum Gasteiger partial charge on any atom is 0.137 e. The summed E-state index contributed by atoms with van der Waals surface area (Å²) in [6.07, 6.45) is 3.67. The normalized spacial score (nSPS) is 13.6. The fraction of sp³-hybridized carbons (Fsp3) is 0.333. The lowest BCUT2D eigenvalue weighted by molar-refractivity contribution is -0.0237. The molecule has 3 aromatic rings. The third-order valence-corrected chi connectivity index (χ3v) is 5.47. The number of nitrogens with zero attached hydrogens (tertiary/aromatic N) is 4. The van der Waals surface area contributed by atoms with Crippen LogP contribution in [0.15, 0.2) is 59.6 Å². The summed E-state index contributed by atoms with van der Waals surface area (Å²) in [6, 6.07) is 11.1. The molecule has 1 aromatic heterocycles. The lowest BCUT2D eigenvalue weighted by Crippen LogP contribution is -2.44. The summed E-state index contributed by atoms with van der Waals surface area (Å²) in [5.74, 6) is -1.47. The molecule has 0 spiro atoms. The smallest absolute Gasteiger partial charge is 0.137 e. The molecule has 154 valence electrons. The topological polar surface area (TPSA) is 54.2 Å². The molecule has 3 rings (SSSR count). The first-order valence-electron chi connectivity index (χ1n) is 9.37. The summed E-state index contributed by atoms with van der Waals surface area (Å²) in [5.41, 5.74) is -0.534. The molecule has 1 N–H and O–H groups in total. The molecule has 0 bridgehead atoms. The summed E-state index contributed by atoms with van der Waals surface area (Å²) in [5, 5.41) is 15.6. The van der Waals surface area contributed by atoms with Gasteiger partial charge >= 0.3 is 0 Å². The Bertz CT molecular complexity index is 938. The second-order valence-electron chi connectivity index (χ2n) is 7.05. The molecule has 0 aliphatic carbocycles. The fourth-order valence-electron chi connectivity index (χ4n) is 3.44. The van der Waals surface area contributed by atoms with Crippen LogP contribution in [0.4, 0.5) is 8.78 Å². The predicted molar refractivity (Wildman–Crippen MR) is 110 cm³/mol. The summed E-state index contributed by atoms with van der Waals surface area (Å²) >= 11 is 3.56. The Balaban J connectivity index is 1.94. The lowest BCUT2D eigenvalue weighted by atomic mass is 9.92. The summed E-state index contributed by atoms with van der Waals surface area (Å²) in [7, 11) is 0. The first-order valence-corrected chi connectivity index (χ1v) is 10.2. The van der Waals surface area contributed by atoms with Crippen molar-refractivity contribution in [3.63, 3.8) is 0 Å². The standard InChI is InChI=1S/C21H23BrF2N4O/c1-2-9-27(11-16-5-3-4-6-19(16)22)12-21(29,13-28-15-25-14-26-28)18-8-7-17(23)10-20(18)24/h3-8,10,14-15,29H,2,9,11-13H2,1H3. The highest BCUT2D eigenvalue weighted by molar-refractivity contribution is 9.10. The Hall–Kier alpha value is -2.16. The van der Waals surface area contributed by atoms with Crippen LogP contribution in [0.1, 0.15) is 24.5 Å². The van der Waals surface area contributed by atoms with E-state index in [4.69, 9.17) is 0 Å². The highest BCUT2D eigenvalue weighted by Crippen LogP contribution is 2.29. The largest absolute Gasteiger partial charge is 0.382 e. The summed E-state index contributed by atoms with van der Waals surface area (Å²) < 4.78 is 30.5. The summed E-state index contributed by atoms with van der Waals surface area (Å²) in [4.78, 5) is 5.95. The molecule has 0 aliphatic heterocycles. The van der Waals surface area contributed by atoms with Crippen molar-refractivity contribution >= 4 is 15.9 Å². The minimum absolute atomic E-state index is 0.00821. The van der Waals surface area contributed by atoms with Gasteiger partial charge in [0.2, 0.25) is 0 Å². The molecule has 0 fully saturated rings. The van der Waals surface area contributed by atoms with Gasteiger partial charge in [0, 0.05) is 29.2 Å². The van der Waals surface area contributed by atoms with E-state index < -0.39 is 17.2 Å². The number of aliphatic hydroxyl groups is 1. The second kappa shape index (κ2) is 9.56. The second-order valence-corrected chi connectivity index (χ2v) is 7.91. The molecule has 29 heavy (non-hydrogen) atoms. The average molecular weight is 465 g/mol. The Morgan fingerprint density at radius 2 is 2.00 bits per heavy atom. The molecule has 0 saturated heterocycles.